The minimum absolute atomic E-state index is 0.0546. The van der Waals surface area contributed by atoms with E-state index in [1.807, 2.05) is 0 Å². The number of carbonyl (C=O) groups is 3. The van der Waals surface area contributed by atoms with Crippen LogP contribution >= 0.6 is 11.6 Å². The Morgan fingerprint density at radius 3 is 2.55 bits per heavy atom. The number of nitrogens with two attached hydrogens (primary N) is 1. The number of carbonyl (C=O) groups excluding carboxylic acids is 3. The number of primary amides is 1. The summed E-state index contributed by atoms with van der Waals surface area (Å²) in [5.41, 5.74) is 4.39. The fourth-order valence-corrected chi connectivity index (χ4v) is 3.72. The Labute approximate surface area is 181 Å². The first-order chi connectivity index (χ1) is 14.5. The summed E-state index contributed by atoms with van der Waals surface area (Å²) in [6.45, 7) is -0.414. The van der Waals surface area contributed by atoms with Gasteiger partial charge in [0.25, 0.3) is 17.4 Å². The zero-order valence-corrected chi connectivity index (χ0v) is 17.6. The monoisotopic (exact) mass is 450 g/mol. The molecular weight excluding hydrogens is 431 g/mol. The molecule has 2 heterocycles. The molecule has 0 fully saturated rings. The molecular formula is C20H20ClFN4O5. The van der Waals surface area contributed by atoms with E-state index >= 15 is 0 Å². The second-order valence-corrected chi connectivity index (χ2v) is 7.74. The largest absolute Gasteiger partial charge is 0.502 e. The Balaban J connectivity index is 2.11. The number of hydrogen-bond acceptors (Lipinski definition) is 5. The average molecular weight is 451 g/mol. The van der Waals surface area contributed by atoms with Crippen LogP contribution in [0.15, 0.2) is 23.0 Å². The Kier molecular flexibility index (Phi) is 6.03. The summed E-state index contributed by atoms with van der Waals surface area (Å²) < 4.78 is 14.2. The highest BCUT2D eigenvalue weighted by Gasteiger charge is 2.35. The lowest BCUT2D eigenvalue weighted by Gasteiger charge is -2.31. The molecule has 0 atom stereocenters. The summed E-state index contributed by atoms with van der Waals surface area (Å²) in [6.07, 6.45) is 0.136. The number of benzene rings is 1. The Hall–Kier alpha value is -3.40. The second kappa shape index (κ2) is 8.38. The first kappa shape index (κ1) is 22.3. The lowest BCUT2D eigenvalue weighted by atomic mass is 9.95. The molecule has 11 heteroatoms. The van der Waals surface area contributed by atoms with Crippen molar-refractivity contribution in [3.63, 3.8) is 0 Å². The van der Waals surface area contributed by atoms with Crippen molar-refractivity contribution in [2.45, 2.75) is 19.5 Å². The maximum absolute atomic E-state index is 13.4. The van der Waals surface area contributed by atoms with Crippen LogP contribution < -0.4 is 11.3 Å². The van der Waals surface area contributed by atoms with Crippen molar-refractivity contribution in [2.75, 3.05) is 20.6 Å². The van der Waals surface area contributed by atoms with E-state index in [2.05, 4.69) is 0 Å². The maximum Gasteiger partial charge on any atom is 0.294 e. The van der Waals surface area contributed by atoms with E-state index in [9.17, 15) is 28.7 Å². The van der Waals surface area contributed by atoms with Gasteiger partial charge in [0.15, 0.2) is 5.75 Å². The summed E-state index contributed by atoms with van der Waals surface area (Å²) >= 11 is 5.80. The zero-order valence-electron chi connectivity index (χ0n) is 16.8. The molecule has 1 aliphatic rings. The minimum atomic E-state index is -1.07. The van der Waals surface area contributed by atoms with Crippen LogP contribution in [0.5, 0.6) is 5.75 Å². The second-order valence-electron chi connectivity index (χ2n) is 7.33. The maximum atomic E-state index is 13.4. The lowest BCUT2D eigenvalue weighted by Crippen LogP contribution is -2.43. The molecule has 3 N–H and O–H groups in total. The molecule has 31 heavy (non-hydrogen) atoms. The van der Waals surface area contributed by atoms with Crippen molar-refractivity contribution in [3.05, 3.63) is 61.8 Å². The molecule has 3 rings (SSSR count). The van der Waals surface area contributed by atoms with E-state index < -0.39 is 41.4 Å². The molecule has 0 saturated heterocycles. The quantitative estimate of drug-likeness (QED) is 0.694. The van der Waals surface area contributed by atoms with Crippen molar-refractivity contribution in [1.82, 2.24) is 14.4 Å². The first-order valence-corrected chi connectivity index (χ1v) is 9.62. The van der Waals surface area contributed by atoms with Crippen LogP contribution in [0.1, 0.15) is 32.0 Å². The number of amides is 3. The Morgan fingerprint density at radius 1 is 1.29 bits per heavy atom. The SMILES string of the molecule is CN(C)C(=O)c1c2c(c(O)c(=O)n1CC(N)=O)C(=O)N(Cc1ccc(F)c(Cl)c1)CC2. The summed E-state index contributed by atoms with van der Waals surface area (Å²) in [5.74, 6) is -3.62. The molecule has 1 aromatic heterocycles. The van der Waals surface area contributed by atoms with Crippen molar-refractivity contribution in [1.29, 1.82) is 0 Å². The molecule has 0 aliphatic carbocycles. The molecule has 0 radical (unpaired) electrons. The third-order valence-electron chi connectivity index (χ3n) is 4.96. The van der Waals surface area contributed by atoms with E-state index in [0.29, 0.717) is 5.56 Å². The molecule has 0 unspecified atom stereocenters. The highest BCUT2D eigenvalue weighted by molar-refractivity contribution is 6.30. The smallest absolute Gasteiger partial charge is 0.294 e. The van der Waals surface area contributed by atoms with E-state index in [-0.39, 0.29) is 41.4 Å². The number of rotatable bonds is 5. The van der Waals surface area contributed by atoms with Gasteiger partial charge < -0.3 is 20.6 Å². The average Bonchev–Trinajstić information content (AvgIpc) is 2.69. The predicted molar refractivity (Wildman–Crippen MR) is 109 cm³/mol. The van der Waals surface area contributed by atoms with Crippen LogP contribution in [0.4, 0.5) is 4.39 Å². The van der Waals surface area contributed by atoms with Crippen molar-refractivity contribution in [3.8, 4) is 5.75 Å². The standard InChI is InChI=1S/C20H20ClFN4O5/c1-24(2)19(30)16-11-5-6-25(8-10-3-4-13(22)12(21)7-10)18(29)15(11)17(28)20(31)26(16)9-14(23)27/h3-4,7,28H,5-6,8-9H2,1-2H3,(H2,23,27). The van der Waals surface area contributed by atoms with Gasteiger partial charge in [-0.25, -0.2) is 4.39 Å². The van der Waals surface area contributed by atoms with Gasteiger partial charge in [-0.1, -0.05) is 17.7 Å². The highest BCUT2D eigenvalue weighted by atomic mass is 35.5. The minimum Gasteiger partial charge on any atom is -0.502 e. The summed E-state index contributed by atoms with van der Waals surface area (Å²) in [5, 5.41) is 10.4. The van der Waals surface area contributed by atoms with Crippen molar-refractivity contribution >= 4 is 29.3 Å². The summed E-state index contributed by atoms with van der Waals surface area (Å²) in [6, 6.07) is 4.02. The van der Waals surface area contributed by atoms with Crippen LogP contribution in [-0.4, -0.2) is 57.8 Å². The van der Waals surface area contributed by atoms with Gasteiger partial charge in [0, 0.05) is 32.7 Å². The van der Waals surface area contributed by atoms with E-state index in [1.165, 1.54) is 42.1 Å². The topological polar surface area (TPSA) is 126 Å². The first-order valence-electron chi connectivity index (χ1n) is 9.24. The summed E-state index contributed by atoms with van der Waals surface area (Å²) in [4.78, 5) is 52.6. The van der Waals surface area contributed by atoms with Gasteiger partial charge in [0.1, 0.15) is 18.1 Å². The predicted octanol–water partition coefficient (Wildman–Crippen LogP) is 0.732. The number of halogens is 2. The van der Waals surface area contributed by atoms with Gasteiger partial charge in [-0.05, 0) is 24.1 Å². The summed E-state index contributed by atoms with van der Waals surface area (Å²) in [7, 11) is 2.91. The number of nitrogens with zero attached hydrogens (tertiary/aromatic N) is 3. The fraction of sp³-hybridized carbons (Fsp3) is 0.300. The molecule has 0 bridgehead atoms. The van der Waals surface area contributed by atoms with Gasteiger partial charge in [-0.2, -0.15) is 0 Å². The van der Waals surface area contributed by atoms with Crippen molar-refractivity contribution in [2.24, 2.45) is 5.73 Å². The number of hydrogen-bond donors (Lipinski definition) is 2. The molecule has 1 aromatic carbocycles. The Bertz CT molecular complexity index is 1160. The number of fused-ring (bicyclic) bond motifs is 1. The molecule has 9 nitrogen and oxygen atoms in total. The zero-order chi connectivity index (χ0) is 23.0. The van der Waals surface area contributed by atoms with Crippen LogP contribution in [0.2, 0.25) is 5.02 Å². The van der Waals surface area contributed by atoms with Gasteiger partial charge in [0.2, 0.25) is 5.91 Å². The van der Waals surface area contributed by atoms with Crippen LogP contribution in [0, 0.1) is 5.82 Å². The molecule has 0 spiro atoms. The van der Waals surface area contributed by atoms with Crippen molar-refractivity contribution < 1.29 is 23.9 Å². The molecule has 0 saturated carbocycles. The third kappa shape index (κ3) is 4.11. The number of aromatic nitrogens is 1. The van der Waals surface area contributed by atoms with E-state index in [1.54, 1.807) is 0 Å². The van der Waals surface area contributed by atoms with Gasteiger partial charge in [-0.15, -0.1) is 0 Å². The molecule has 3 amide bonds. The number of aromatic hydroxyl groups is 1. The van der Waals surface area contributed by atoms with E-state index in [0.717, 1.165) is 4.57 Å². The molecule has 1 aliphatic heterocycles. The van der Waals surface area contributed by atoms with Crippen LogP contribution in [0.3, 0.4) is 0 Å². The third-order valence-corrected chi connectivity index (χ3v) is 5.24. The van der Waals surface area contributed by atoms with Crippen LogP contribution in [-0.2, 0) is 24.3 Å². The lowest BCUT2D eigenvalue weighted by molar-refractivity contribution is -0.118. The van der Waals surface area contributed by atoms with Gasteiger partial charge in [0.05, 0.1) is 10.6 Å². The van der Waals surface area contributed by atoms with Gasteiger partial charge in [-0.3, -0.25) is 23.7 Å². The molecule has 2 aromatic rings. The van der Waals surface area contributed by atoms with Gasteiger partial charge >= 0.3 is 0 Å². The normalized spacial score (nSPS) is 13.2. The highest BCUT2D eigenvalue weighted by Crippen LogP contribution is 2.29. The van der Waals surface area contributed by atoms with E-state index in [4.69, 9.17) is 17.3 Å². The number of pyridine rings is 1. The fourth-order valence-electron chi connectivity index (χ4n) is 3.51. The Morgan fingerprint density at radius 2 is 1.97 bits per heavy atom. The molecule has 164 valence electrons. The van der Waals surface area contributed by atoms with Crippen LogP contribution in [0.25, 0.3) is 0 Å².